The van der Waals surface area contributed by atoms with Crippen molar-refractivity contribution in [3.8, 4) is 0 Å². The van der Waals surface area contributed by atoms with E-state index in [0.29, 0.717) is 5.02 Å². The fourth-order valence-corrected chi connectivity index (χ4v) is 0.646. The minimum absolute atomic E-state index is 0.637. The third-order valence-electron chi connectivity index (χ3n) is 0.942. The van der Waals surface area contributed by atoms with Gasteiger partial charge >= 0.3 is 0 Å². The quantitative estimate of drug-likeness (QED) is 0.587. The molecule has 0 saturated carbocycles. The lowest BCUT2D eigenvalue weighted by Crippen LogP contribution is -1.90. The first kappa shape index (κ1) is 6.36. The van der Waals surface area contributed by atoms with Crippen molar-refractivity contribution >= 4 is 17.3 Å². The first-order valence-corrected chi connectivity index (χ1v) is 2.94. The van der Waals surface area contributed by atoms with Crippen molar-refractivity contribution in [2.75, 3.05) is 0 Å². The summed E-state index contributed by atoms with van der Waals surface area (Å²) in [6.07, 6.45) is 3.29. The normalized spacial score (nSPS) is 9.56. The van der Waals surface area contributed by atoms with Crippen LogP contribution in [0.5, 0.6) is 0 Å². The lowest BCUT2D eigenvalue weighted by molar-refractivity contribution is 0.898. The fourth-order valence-electron chi connectivity index (χ4n) is 0.510. The van der Waals surface area contributed by atoms with Crippen molar-refractivity contribution in [2.24, 2.45) is 0 Å². The predicted octanol–water partition coefficient (Wildman–Crippen LogP) is 2.03. The van der Waals surface area contributed by atoms with E-state index in [1.54, 1.807) is 17.1 Å². The van der Waals surface area contributed by atoms with Crippen LogP contribution in [0.3, 0.4) is 0 Å². The molecule has 0 saturated heterocycles. The van der Waals surface area contributed by atoms with Gasteiger partial charge in [-0.05, 0) is 6.92 Å². The molecule has 1 heterocycles. The Kier molecular flexibility index (Phi) is 1.58. The highest BCUT2D eigenvalue weighted by molar-refractivity contribution is 6.30. The summed E-state index contributed by atoms with van der Waals surface area (Å²) in [7, 11) is 0. The molecule has 0 N–H and O–H groups in total. The average molecular weight is 143 g/mol. The van der Waals surface area contributed by atoms with E-state index in [4.69, 9.17) is 11.6 Å². The minimum Gasteiger partial charge on any atom is -0.244 e. The van der Waals surface area contributed by atoms with E-state index in [-0.39, 0.29) is 0 Å². The molecule has 1 rings (SSSR count). The van der Waals surface area contributed by atoms with Crippen LogP contribution < -0.4 is 0 Å². The smallest absolute Gasteiger partial charge is 0.0790 e. The van der Waals surface area contributed by atoms with Crippen LogP contribution in [0.4, 0.5) is 0 Å². The first-order chi connectivity index (χ1) is 4.20. The van der Waals surface area contributed by atoms with Gasteiger partial charge in [0.15, 0.2) is 0 Å². The predicted molar refractivity (Wildman–Crippen MR) is 38.2 cm³/mol. The second-order valence-electron chi connectivity index (χ2n) is 1.84. The summed E-state index contributed by atoms with van der Waals surface area (Å²) < 4.78 is 1.63. The minimum atomic E-state index is 0.637. The summed E-state index contributed by atoms with van der Waals surface area (Å²) in [5, 5.41) is 4.54. The zero-order chi connectivity index (χ0) is 6.85. The van der Waals surface area contributed by atoms with Gasteiger partial charge < -0.3 is 0 Å². The van der Waals surface area contributed by atoms with Crippen molar-refractivity contribution in [3.05, 3.63) is 24.0 Å². The molecule has 0 radical (unpaired) electrons. The van der Waals surface area contributed by atoms with Crippen LogP contribution in [0.15, 0.2) is 19.0 Å². The molecule has 48 valence electrons. The number of hydrogen-bond acceptors (Lipinski definition) is 1. The standard InChI is InChI=1S/C6H7ClN2/c1-5(2)9-4-6(7)3-8-9/h3-4H,1H2,2H3. The van der Waals surface area contributed by atoms with Crippen LogP contribution in [-0.4, -0.2) is 9.78 Å². The van der Waals surface area contributed by atoms with E-state index in [9.17, 15) is 0 Å². The van der Waals surface area contributed by atoms with Gasteiger partial charge in [-0.2, -0.15) is 5.10 Å². The lowest BCUT2D eigenvalue weighted by atomic mass is 10.6. The first-order valence-electron chi connectivity index (χ1n) is 2.56. The number of rotatable bonds is 1. The molecule has 0 spiro atoms. The third kappa shape index (κ3) is 1.33. The van der Waals surface area contributed by atoms with Gasteiger partial charge in [0.05, 0.1) is 11.2 Å². The number of hydrogen-bond donors (Lipinski definition) is 0. The summed E-state index contributed by atoms with van der Waals surface area (Å²) in [4.78, 5) is 0. The molecule has 0 unspecified atom stereocenters. The van der Waals surface area contributed by atoms with E-state index in [1.165, 1.54) is 0 Å². The number of halogens is 1. The molecular formula is C6H7ClN2. The zero-order valence-electron chi connectivity index (χ0n) is 5.13. The summed E-state index contributed by atoms with van der Waals surface area (Å²) in [6.45, 7) is 5.54. The fraction of sp³-hybridized carbons (Fsp3) is 0.167. The highest BCUT2D eigenvalue weighted by Crippen LogP contribution is 2.07. The van der Waals surface area contributed by atoms with Crippen LogP contribution in [0, 0.1) is 0 Å². The molecule has 9 heavy (non-hydrogen) atoms. The van der Waals surface area contributed by atoms with Crippen molar-refractivity contribution in [3.63, 3.8) is 0 Å². The van der Waals surface area contributed by atoms with Crippen molar-refractivity contribution in [1.82, 2.24) is 9.78 Å². The number of allylic oxidation sites excluding steroid dienone is 1. The van der Waals surface area contributed by atoms with Crippen LogP contribution in [-0.2, 0) is 0 Å². The van der Waals surface area contributed by atoms with Gasteiger partial charge in [0.25, 0.3) is 0 Å². The van der Waals surface area contributed by atoms with Crippen LogP contribution >= 0.6 is 11.6 Å². The highest BCUT2D eigenvalue weighted by Gasteiger charge is 1.92. The van der Waals surface area contributed by atoms with E-state index < -0.39 is 0 Å². The van der Waals surface area contributed by atoms with E-state index >= 15 is 0 Å². The van der Waals surface area contributed by atoms with Gasteiger partial charge in [-0.3, -0.25) is 0 Å². The maximum absolute atomic E-state index is 5.58. The largest absolute Gasteiger partial charge is 0.244 e. The molecule has 0 amide bonds. The summed E-state index contributed by atoms with van der Waals surface area (Å²) in [5.74, 6) is 0. The maximum Gasteiger partial charge on any atom is 0.0790 e. The van der Waals surface area contributed by atoms with Gasteiger partial charge in [0.2, 0.25) is 0 Å². The number of nitrogens with zero attached hydrogens (tertiary/aromatic N) is 2. The highest BCUT2D eigenvalue weighted by atomic mass is 35.5. The van der Waals surface area contributed by atoms with Crippen LogP contribution in [0.1, 0.15) is 6.92 Å². The summed E-state index contributed by atoms with van der Waals surface area (Å²) >= 11 is 5.58. The molecule has 0 bridgehead atoms. The van der Waals surface area contributed by atoms with Crippen LogP contribution in [0.2, 0.25) is 5.02 Å². The molecule has 0 aliphatic heterocycles. The molecule has 0 atom stereocenters. The maximum atomic E-state index is 5.58. The van der Waals surface area contributed by atoms with Crippen LogP contribution in [0.25, 0.3) is 5.70 Å². The van der Waals surface area contributed by atoms with Gasteiger partial charge in [0.1, 0.15) is 0 Å². The Bertz CT molecular complexity index is 227. The molecule has 2 nitrogen and oxygen atoms in total. The molecule has 0 aliphatic carbocycles. The van der Waals surface area contributed by atoms with Gasteiger partial charge in [-0.25, -0.2) is 4.68 Å². The zero-order valence-corrected chi connectivity index (χ0v) is 5.89. The van der Waals surface area contributed by atoms with E-state index in [1.807, 2.05) is 6.92 Å². The Morgan fingerprint density at radius 3 is 2.78 bits per heavy atom. The Labute approximate surface area is 58.7 Å². The summed E-state index contributed by atoms with van der Waals surface area (Å²) in [6, 6.07) is 0. The molecule has 0 aliphatic rings. The molecule has 0 fully saturated rings. The SMILES string of the molecule is C=C(C)n1cc(Cl)cn1. The van der Waals surface area contributed by atoms with Gasteiger partial charge in [-0.15, -0.1) is 0 Å². The molecular weight excluding hydrogens is 136 g/mol. The lowest BCUT2D eigenvalue weighted by Gasteiger charge is -1.93. The van der Waals surface area contributed by atoms with Gasteiger partial charge in [-0.1, -0.05) is 18.2 Å². The van der Waals surface area contributed by atoms with Crippen molar-refractivity contribution in [1.29, 1.82) is 0 Å². The second kappa shape index (κ2) is 2.23. The van der Waals surface area contributed by atoms with E-state index in [0.717, 1.165) is 5.70 Å². The Hall–Kier alpha value is -0.760. The molecule has 3 heteroatoms. The Morgan fingerprint density at radius 2 is 2.56 bits per heavy atom. The van der Waals surface area contributed by atoms with Crippen molar-refractivity contribution < 1.29 is 0 Å². The molecule has 1 aromatic heterocycles. The molecule has 0 aromatic carbocycles. The number of aromatic nitrogens is 2. The van der Waals surface area contributed by atoms with Gasteiger partial charge in [0, 0.05) is 11.9 Å². The topological polar surface area (TPSA) is 17.8 Å². The van der Waals surface area contributed by atoms with Crippen molar-refractivity contribution in [2.45, 2.75) is 6.92 Å². The average Bonchev–Trinajstić information content (AvgIpc) is 2.14. The second-order valence-corrected chi connectivity index (χ2v) is 2.27. The summed E-state index contributed by atoms with van der Waals surface area (Å²) in [5.41, 5.74) is 0.863. The molecule has 1 aromatic rings. The third-order valence-corrected chi connectivity index (χ3v) is 1.14. The Balaban J connectivity index is 2.98. The Morgan fingerprint density at radius 1 is 1.89 bits per heavy atom. The monoisotopic (exact) mass is 142 g/mol. The van der Waals surface area contributed by atoms with E-state index in [2.05, 4.69) is 11.7 Å².